The number of halogens is 2. The zero-order valence-corrected chi connectivity index (χ0v) is 14.3. The van der Waals surface area contributed by atoms with Gasteiger partial charge in [0.25, 0.3) is 0 Å². The third-order valence-corrected chi connectivity index (χ3v) is 5.64. The van der Waals surface area contributed by atoms with Crippen molar-refractivity contribution < 1.29 is 4.79 Å². The van der Waals surface area contributed by atoms with E-state index in [2.05, 4.69) is 18.7 Å². The summed E-state index contributed by atoms with van der Waals surface area (Å²) in [5.74, 6) is 0.263. The molecule has 1 aliphatic heterocycles. The topological polar surface area (TPSA) is 20.3 Å². The molecule has 0 saturated carbocycles. The summed E-state index contributed by atoms with van der Waals surface area (Å²) in [6.45, 7) is 6.27. The van der Waals surface area contributed by atoms with Gasteiger partial charge in [-0.3, -0.25) is 9.69 Å². The van der Waals surface area contributed by atoms with Crippen LogP contribution < -0.4 is 0 Å². The highest BCUT2D eigenvalue weighted by Gasteiger charge is 2.41. The number of likely N-dealkylation sites (tertiary alicyclic amines) is 1. The van der Waals surface area contributed by atoms with E-state index in [9.17, 15) is 4.79 Å². The first-order valence-corrected chi connectivity index (χ1v) is 8.52. The first-order valence-electron chi connectivity index (χ1n) is 7.76. The zero-order chi connectivity index (χ0) is 15.5. The van der Waals surface area contributed by atoms with Crippen molar-refractivity contribution >= 4 is 29.0 Å². The van der Waals surface area contributed by atoms with Crippen molar-refractivity contribution in [3.63, 3.8) is 0 Å². The molecular weight excluding hydrogens is 305 g/mol. The molecule has 1 aromatic rings. The predicted octanol–water partition coefficient (Wildman–Crippen LogP) is 4.76. The van der Waals surface area contributed by atoms with Crippen molar-refractivity contribution in [1.29, 1.82) is 0 Å². The summed E-state index contributed by atoms with van der Waals surface area (Å²) in [4.78, 5) is 15.4. The zero-order valence-electron chi connectivity index (χ0n) is 12.8. The third-order valence-electron chi connectivity index (χ3n) is 4.78. The minimum Gasteiger partial charge on any atom is -0.297 e. The maximum atomic E-state index is 13.0. The number of benzene rings is 1. The Bertz CT molecular complexity index is 506. The second-order valence-electron chi connectivity index (χ2n) is 5.75. The van der Waals surface area contributed by atoms with Gasteiger partial charge in [-0.25, -0.2) is 0 Å². The number of ketones is 1. The first-order chi connectivity index (χ1) is 10.0. The molecule has 21 heavy (non-hydrogen) atoms. The van der Waals surface area contributed by atoms with E-state index in [0.29, 0.717) is 16.5 Å². The van der Waals surface area contributed by atoms with Gasteiger partial charge in [-0.2, -0.15) is 0 Å². The SMILES string of the molecule is CCC(CC)(C(=O)Cc1cccc(Cl)c1Cl)N1CCCC1. The van der Waals surface area contributed by atoms with Crippen LogP contribution in [-0.2, 0) is 11.2 Å². The van der Waals surface area contributed by atoms with Crippen LogP contribution in [0, 0.1) is 0 Å². The summed E-state index contributed by atoms with van der Waals surface area (Å²) in [5.41, 5.74) is 0.488. The molecule has 2 nitrogen and oxygen atoms in total. The van der Waals surface area contributed by atoms with Crippen molar-refractivity contribution in [3.8, 4) is 0 Å². The highest BCUT2D eigenvalue weighted by molar-refractivity contribution is 6.42. The van der Waals surface area contributed by atoms with Crippen LogP contribution in [0.3, 0.4) is 0 Å². The fourth-order valence-electron chi connectivity index (χ4n) is 3.44. The Labute approximate surface area is 137 Å². The van der Waals surface area contributed by atoms with E-state index in [4.69, 9.17) is 23.2 Å². The molecule has 4 heteroatoms. The Morgan fingerprint density at radius 1 is 1.19 bits per heavy atom. The Hall–Kier alpha value is -0.570. The van der Waals surface area contributed by atoms with E-state index in [1.807, 2.05) is 12.1 Å². The van der Waals surface area contributed by atoms with Gasteiger partial charge in [0.1, 0.15) is 0 Å². The van der Waals surface area contributed by atoms with E-state index in [-0.39, 0.29) is 11.3 Å². The maximum Gasteiger partial charge on any atom is 0.157 e. The summed E-state index contributed by atoms with van der Waals surface area (Å²) in [5, 5.41) is 1.02. The van der Waals surface area contributed by atoms with Crippen molar-refractivity contribution in [2.45, 2.75) is 51.5 Å². The average Bonchev–Trinajstić information content (AvgIpc) is 3.00. The molecule has 0 N–H and O–H groups in total. The summed E-state index contributed by atoms with van der Waals surface area (Å²) >= 11 is 12.3. The van der Waals surface area contributed by atoms with Crippen LogP contribution in [0.25, 0.3) is 0 Å². The van der Waals surface area contributed by atoms with E-state index in [1.54, 1.807) is 6.07 Å². The second-order valence-corrected chi connectivity index (χ2v) is 6.53. The summed E-state index contributed by atoms with van der Waals surface area (Å²) in [6, 6.07) is 5.50. The van der Waals surface area contributed by atoms with Gasteiger partial charge in [-0.1, -0.05) is 49.2 Å². The van der Waals surface area contributed by atoms with Crippen molar-refractivity contribution in [3.05, 3.63) is 33.8 Å². The van der Waals surface area contributed by atoms with E-state index >= 15 is 0 Å². The molecule has 0 spiro atoms. The Kier molecular flexibility index (Phi) is 5.70. The molecule has 0 aliphatic carbocycles. The maximum absolute atomic E-state index is 13.0. The van der Waals surface area contributed by atoms with E-state index < -0.39 is 0 Å². The molecule has 1 heterocycles. The van der Waals surface area contributed by atoms with Gasteiger partial charge < -0.3 is 0 Å². The molecule has 0 unspecified atom stereocenters. The monoisotopic (exact) mass is 327 g/mol. The number of rotatable bonds is 6. The lowest BCUT2D eigenvalue weighted by Gasteiger charge is -2.39. The molecule has 1 aromatic carbocycles. The number of Topliss-reactive ketones (excluding diaryl/α,β-unsaturated/α-hetero) is 1. The van der Waals surface area contributed by atoms with Crippen LogP contribution in [-0.4, -0.2) is 29.3 Å². The van der Waals surface area contributed by atoms with Gasteiger partial charge in [0.15, 0.2) is 5.78 Å². The van der Waals surface area contributed by atoms with Crippen molar-refractivity contribution in [1.82, 2.24) is 4.90 Å². The fourth-order valence-corrected chi connectivity index (χ4v) is 3.82. The molecule has 1 saturated heterocycles. The molecule has 0 atom stereocenters. The molecule has 0 radical (unpaired) electrons. The molecule has 1 aliphatic rings. The van der Waals surface area contributed by atoms with Crippen LogP contribution in [0.4, 0.5) is 0 Å². The van der Waals surface area contributed by atoms with Crippen molar-refractivity contribution in [2.75, 3.05) is 13.1 Å². The van der Waals surface area contributed by atoms with Gasteiger partial charge in [0.2, 0.25) is 0 Å². The minimum absolute atomic E-state index is 0.263. The number of hydrogen-bond acceptors (Lipinski definition) is 2. The first kappa shape index (κ1) is 16.8. The Balaban J connectivity index is 2.24. The predicted molar refractivity (Wildman–Crippen MR) is 89.3 cm³/mol. The molecule has 2 rings (SSSR count). The standard InChI is InChI=1S/C17H23Cl2NO/c1-3-17(4-2,20-10-5-6-11-20)15(21)12-13-8-7-9-14(18)16(13)19/h7-9H,3-6,10-12H2,1-2H3. The lowest BCUT2D eigenvalue weighted by molar-refractivity contribution is -0.130. The number of carbonyl (C=O) groups excluding carboxylic acids is 1. The third kappa shape index (κ3) is 3.28. The van der Waals surface area contributed by atoms with Gasteiger partial charge in [-0.05, 0) is 50.4 Å². The van der Waals surface area contributed by atoms with E-state index in [0.717, 1.165) is 31.5 Å². The van der Waals surface area contributed by atoms with Crippen LogP contribution in [0.15, 0.2) is 18.2 Å². The minimum atomic E-state index is -0.345. The second kappa shape index (κ2) is 7.13. The van der Waals surface area contributed by atoms with Gasteiger partial charge >= 0.3 is 0 Å². The lowest BCUT2D eigenvalue weighted by Crippen LogP contribution is -2.53. The van der Waals surface area contributed by atoms with Crippen molar-refractivity contribution in [2.24, 2.45) is 0 Å². The van der Waals surface area contributed by atoms with Crippen LogP contribution >= 0.6 is 23.2 Å². The molecular formula is C17H23Cl2NO. The smallest absolute Gasteiger partial charge is 0.157 e. The van der Waals surface area contributed by atoms with Crippen LogP contribution in [0.5, 0.6) is 0 Å². The molecule has 1 fully saturated rings. The van der Waals surface area contributed by atoms with Gasteiger partial charge in [0.05, 0.1) is 15.6 Å². The van der Waals surface area contributed by atoms with E-state index in [1.165, 1.54) is 12.8 Å². The fraction of sp³-hybridized carbons (Fsp3) is 0.588. The highest BCUT2D eigenvalue weighted by atomic mass is 35.5. The highest BCUT2D eigenvalue weighted by Crippen LogP contribution is 2.32. The molecule has 116 valence electrons. The molecule has 0 aromatic heterocycles. The van der Waals surface area contributed by atoms with Crippen LogP contribution in [0.1, 0.15) is 45.1 Å². The summed E-state index contributed by atoms with van der Waals surface area (Å²) < 4.78 is 0. The lowest BCUT2D eigenvalue weighted by atomic mass is 9.83. The molecule has 0 amide bonds. The van der Waals surface area contributed by atoms with Gasteiger partial charge in [-0.15, -0.1) is 0 Å². The van der Waals surface area contributed by atoms with Gasteiger partial charge in [0, 0.05) is 6.42 Å². The number of nitrogens with zero attached hydrogens (tertiary/aromatic N) is 1. The Morgan fingerprint density at radius 2 is 1.81 bits per heavy atom. The quantitative estimate of drug-likeness (QED) is 0.750. The van der Waals surface area contributed by atoms with Crippen LogP contribution in [0.2, 0.25) is 10.0 Å². The largest absolute Gasteiger partial charge is 0.297 e. The average molecular weight is 328 g/mol. The summed E-state index contributed by atoms with van der Waals surface area (Å²) in [6.07, 6.45) is 4.43. The molecule has 0 bridgehead atoms. The number of hydrogen-bond donors (Lipinski definition) is 0. The Morgan fingerprint density at radius 3 is 2.38 bits per heavy atom. The normalized spacial score (nSPS) is 16.4. The number of carbonyl (C=O) groups is 1. The summed E-state index contributed by atoms with van der Waals surface area (Å²) in [7, 11) is 0.